The van der Waals surface area contributed by atoms with E-state index in [2.05, 4.69) is 25.6 Å². The zero-order chi connectivity index (χ0) is 15.2. The minimum absolute atomic E-state index is 0.241. The van der Waals surface area contributed by atoms with E-state index >= 15 is 0 Å². The quantitative estimate of drug-likeness (QED) is 0.852. The molecule has 7 heteroatoms. The maximum Gasteiger partial charge on any atom is 0.323 e. The Hall–Kier alpha value is -2.44. The first-order chi connectivity index (χ1) is 10.1. The zero-order valence-electron chi connectivity index (χ0n) is 12.3. The van der Waals surface area contributed by atoms with E-state index in [-0.39, 0.29) is 11.8 Å². The molecule has 6 nitrogen and oxygen atoms in total. The van der Waals surface area contributed by atoms with Gasteiger partial charge in [-0.1, -0.05) is 0 Å². The molecular formula is C14H18FN5O. The molecule has 0 spiro atoms. The van der Waals surface area contributed by atoms with Crippen LogP contribution in [0.4, 0.5) is 22.0 Å². The Labute approximate surface area is 122 Å². The summed E-state index contributed by atoms with van der Waals surface area (Å²) in [6.45, 7) is 6.76. The summed E-state index contributed by atoms with van der Waals surface area (Å²) in [5.41, 5.74) is 1.49. The second-order valence-electron chi connectivity index (χ2n) is 4.31. The monoisotopic (exact) mass is 291 g/mol. The van der Waals surface area contributed by atoms with E-state index in [1.807, 2.05) is 13.8 Å². The minimum atomic E-state index is -0.281. The maximum absolute atomic E-state index is 13.1. The number of aromatic nitrogens is 3. The van der Waals surface area contributed by atoms with Crippen LogP contribution >= 0.6 is 0 Å². The number of hydrogen-bond donors (Lipinski definition) is 2. The lowest BCUT2D eigenvalue weighted by molar-refractivity contribution is 0.312. The number of rotatable bonds is 6. The number of anilines is 3. The summed E-state index contributed by atoms with van der Waals surface area (Å²) in [5.74, 6) is 0.495. The first kappa shape index (κ1) is 15.0. The van der Waals surface area contributed by atoms with Crippen molar-refractivity contribution in [1.82, 2.24) is 15.0 Å². The van der Waals surface area contributed by atoms with Crippen molar-refractivity contribution in [3.05, 3.63) is 29.6 Å². The van der Waals surface area contributed by atoms with Gasteiger partial charge in [0.05, 0.1) is 6.61 Å². The van der Waals surface area contributed by atoms with Gasteiger partial charge in [-0.15, -0.1) is 0 Å². The fraction of sp³-hybridized carbons (Fsp3) is 0.357. The highest BCUT2D eigenvalue weighted by Gasteiger charge is 2.08. The Balaban J connectivity index is 2.29. The van der Waals surface area contributed by atoms with E-state index in [1.165, 1.54) is 12.1 Å². The van der Waals surface area contributed by atoms with E-state index in [0.717, 1.165) is 11.3 Å². The summed E-state index contributed by atoms with van der Waals surface area (Å²) in [6.07, 6.45) is 0. The van der Waals surface area contributed by atoms with E-state index in [4.69, 9.17) is 4.74 Å². The summed E-state index contributed by atoms with van der Waals surface area (Å²) in [5, 5.41) is 6.06. The van der Waals surface area contributed by atoms with Crippen LogP contribution in [0.2, 0.25) is 0 Å². The molecule has 1 aromatic heterocycles. The molecule has 112 valence electrons. The molecule has 2 rings (SSSR count). The Bertz CT molecular complexity index is 596. The SMILES string of the molecule is CCNc1nc(Nc2ccc(F)cc2C)nc(OCC)n1. The molecule has 0 aliphatic heterocycles. The minimum Gasteiger partial charge on any atom is -0.464 e. The van der Waals surface area contributed by atoms with Crippen LogP contribution in [0.15, 0.2) is 18.2 Å². The predicted octanol–water partition coefficient (Wildman–Crippen LogP) is 2.89. The van der Waals surface area contributed by atoms with Gasteiger partial charge in [-0.05, 0) is 44.5 Å². The fourth-order valence-electron chi connectivity index (χ4n) is 1.73. The zero-order valence-corrected chi connectivity index (χ0v) is 12.3. The van der Waals surface area contributed by atoms with Gasteiger partial charge in [0.15, 0.2) is 0 Å². The molecule has 0 unspecified atom stereocenters. The molecule has 1 aromatic carbocycles. The first-order valence-electron chi connectivity index (χ1n) is 6.78. The highest BCUT2D eigenvalue weighted by atomic mass is 19.1. The lowest BCUT2D eigenvalue weighted by Gasteiger charge is -2.11. The second-order valence-corrected chi connectivity index (χ2v) is 4.31. The van der Waals surface area contributed by atoms with E-state index in [0.29, 0.717) is 25.0 Å². The summed E-state index contributed by atoms with van der Waals surface area (Å²) in [7, 11) is 0. The van der Waals surface area contributed by atoms with Crippen molar-refractivity contribution in [1.29, 1.82) is 0 Å². The number of benzene rings is 1. The fourth-order valence-corrected chi connectivity index (χ4v) is 1.73. The average Bonchev–Trinajstić information content (AvgIpc) is 2.42. The van der Waals surface area contributed by atoms with Gasteiger partial charge in [0, 0.05) is 12.2 Å². The van der Waals surface area contributed by atoms with Crippen LogP contribution in [0.25, 0.3) is 0 Å². The second kappa shape index (κ2) is 6.83. The molecule has 0 saturated carbocycles. The first-order valence-corrected chi connectivity index (χ1v) is 6.78. The molecule has 0 amide bonds. The molecule has 0 aliphatic rings. The number of nitrogens with zero attached hydrogens (tertiary/aromatic N) is 3. The van der Waals surface area contributed by atoms with Crippen molar-refractivity contribution >= 4 is 17.6 Å². The van der Waals surface area contributed by atoms with E-state index < -0.39 is 0 Å². The van der Waals surface area contributed by atoms with Crippen LogP contribution < -0.4 is 15.4 Å². The number of ether oxygens (including phenoxy) is 1. The van der Waals surface area contributed by atoms with Gasteiger partial charge in [-0.2, -0.15) is 15.0 Å². The molecular weight excluding hydrogens is 273 g/mol. The third kappa shape index (κ3) is 4.01. The van der Waals surface area contributed by atoms with Gasteiger partial charge in [-0.3, -0.25) is 0 Å². The topological polar surface area (TPSA) is 72.0 Å². The summed E-state index contributed by atoms with van der Waals surface area (Å²) in [6, 6.07) is 4.70. The van der Waals surface area contributed by atoms with Gasteiger partial charge < -0.3 is 15.4 Å². The number of halogens is 1. The highest BCUT2D eigenvalue weighted by molar-refractivity contribution is 5.58. The van der Waals surface area contributed by atoms with E-state index in [9.17, 15) is 4.39 Å². The lowest BCUT2D eigenvalue weighted by atomic mass is 10.2. The molecule has 2 aromatic rings. The lowest BCUT2D eigenvalue weighted by Crippen LogP contribution is -2.09. The van der Waals surface area contributed by atoms with Crippen LogP contribution in [0.3, 0.4) is 0 Å². The molecule has 1 heterocycles. The summed E-state index contributed by atoms with van der Waals surface area (Å²) >= 11 is 0. The Morgan fingerprint density at radius 2 is 1.90 bits per heavy atom. The Morgan fingerprint density at radius 3 is 2.57 bits per heavy atom. The summed E-state index contributed by atoms with van der Waals surface area (Å²) in [4.78, 5) is 12.6. The van der Waals surface area contributed by atoms with Crippen molar-refractivity contribution < 1.29 is 9.13 Å². The normalized spacial score (nSPS) is 10.3. The van der Waals surface area contributed by atoms with Gasteiger partial charge >= 0.3 is 6.01 Å². The van der Waals surface area contributed by atoms with Crippen LogP contribution in [0.5, 0.6) is 6.01 Å². The summed E-state index contributed by atoms with van der Waals surface area (Å²) < 4.78 is 18.4. The largest absolute Gasteiger partial charge is 0.464 e. The predicted molar refractivity (Wildman–Crippen MR) is 79.6 cm³/mol. The molecule has 21 heavy (non-hydrogen) atoms. The molecule has 0 bridgehead atoms. The van der Waals surface area contributed by atoms with Crippen molar-refractivity contribution in [2.45, 2.75) is 20.8 Å². The Kier molecular flexibility index (Phi) is 4.86. The van der Waals surface area contributed by atoms with Gasteiger partial charge in [0.1, 0.15) is 5.82 Å². The highest BCUT2D eigenvalue weighted by Crippen LogP contribution is 2.20. The van der Waals surface area contributed by atoms with Gasteiger partial charge in [0.25, 0.3) is 0 Å². The molecule has 0 fully saturated rings. The number of aryl methyl sites for hydroxylation is 1. The average molecular weight is 291 g/mol. The Morgan fingerprint density at radius 1 is 1.14 bits per heavy atom. The van der Waals surface area contributed by atoms with Crippen LogP contribution in [0.1, 0.15) is 19.4 Å². The van der Waals surface area contributed by atoms with Crippen LogP contribution in [-0.4, -0.2) is 28.1 Å². The molecule has 0 saturated heterocycles. The maximum atomic E-state index is 13.1. The molecule has 2 N–H and O–H groups in total. The smallest absolute Gasteiger partial charge is 0.323 e. The number of nitrogens with one attached hydrogen (secondary N) is 2. The van der Waals surface area contributed by atoms with E-state index in [1.54, 1.807) is 13.0 Å². The third-order valence-corrected chi connectivity index (χ3v) is 2.66. The van der Waals surface area contributed by atoms with Crippen molar-refractivity contribution in [3.8, 4) is 6.01 Å². The van der Waals surface area contributed by atoms with Gasteiger partial charge in [-0.25, -0.2) is 4.39 Å². The molecule has 0 atom stereocenters. The van der Waals surface area contributed by atoms with Crippen LogP contribution in [0, 0.1) is 12.7 Å². The van der Waals surface area contributed by atoms with Crippen molar-refractivity contribution in [2.24, 2.45) is 0 Å². The standard InChI is InChI=1S/C14H18FN5O/c1-4-16-12-18-13(20-14(19-12)21-5-2)17-11-7-6-10(15)8-9(11)3/h6-8H,4-5H2,1-3H3,(H2,16,17,18,19,20). The van der Waals surface area contributed by atoms with Crippen molar-refractivity contribution in [2.75, 3.05) is 23.8 Å². The molecule has 0 aliphatic carbocycles. The molecule has 0 radical (unpaired) electrons. The van der Waals surface area contributed by atoms with Gasteiger partial charge in [0.2, 0.25) is 11.9 Å². The third-order valence-electron chi connectivity index (χ3n) is 2.66. The van der Waals surface area contributed by atoms with Crippen molar-refractivity contribution in [3.63, 3.8) is 0 Å². The van der Waals surface area contributed by atoms with Crippen LogP contribution in [-0.2, 0) is 0 Å². The number of hydrogen-bond acceptors (Lipinski definition) is 6.